The van der Waals surface area contributed by atoms with Gasteiger partial charge in [-0.15, -0.1) is 0 Å². The van der Waals surface area contributed by atoms with E-state index in [4.69, 9.17) is 9.47 Å². The molecule has 3 amide bonds. The van der Waals surface area contributed by atoms with Crippen LogP contribution in [0.25, 0.3) is 0 Å². The van der Waals surface area contributed by atoms with Crippen molar-refractivity contribution in [1.82, 2.24) is 4.90 Å². The van der Waals surface area contributed by atoms with E-state index in [2.05, 4.69) is 5.32 Å². The normalized spacial score (nSPS) is 25.7. The van der Waals surface area contributed by atoms with Gasteiger partial charge < -0.3 is 29.6 Å². The van der Waals surface area contributed by atoms with Crippen molar-refractivity contribution in [3.05, 3.63) is 83.9 Å². The molecule has 0 bridgehead atoms. The number of carbonyl (C=O) groups is 3. The lowest BCUT2D eigenvalue weighted by atomic mass is 9.82. The standard InChI is InChI=1S/C35H41N3O7Si/c1-22-32(46(3,4)43)30(20-31(40)37-18-8-11-26(37)21-39)45-35(22)28-19-24(36-33(41)23-12-15-27(44-2)16-13-23)14-17-29(28)38(34(35)42)25-9-6-5-7-10-25/h5-7,9-10,12-17,19,22,26,30,32,39,43H,8,11,18,20-21H2,1-4H3,(H,36,41)/t22-,26+,30+,32-,35+/m1/s1. The number of benzene rings is 3. The number of hydrogen-bond acceptors (Lipinski definition) is 7. The van der Waals surface area contributed by atoms with Crippen LogP contribution in [0.3, 0.4) is 0 Å². The second-order valence-electron chi connectivity index (χ2n) is 13.0. The lowest BCUT2D eigenvalue weighted by Gasteiger charge is -2.33. The highest BCUT2D eigenvalue weighted by atomic mass is 28.4. The minimum atomic E-state index is -3.02. The Labute approximate surface area is 270 Å². The summed E-state index contributed by atoms with van der Waals surface area (Å²) >= 11 is 0. The first-order valence-corrected chi connectivity index (χ1v) is 18.8. The minimum Gasteiger partial charge on any atom is -0.497 e. The van der Waals surface area contributed by atoms with E-state index in [1.54, 1.807) is 59.4 Å². The number of carbonyl (C=O) groups excluding carboxylic acids is 3. The molecule has 5 atom stereocenters. The van der Waals surface area contributed by atoms with Crippen LogP contribution in [0.1, 0.15) is 42.1 Å². The third-order valence-electron chi connectivity index (χ3n) is 9.80. The predicted octanol–water partition coefficient (Wildman–Crippen LogP) is 4.80. The number of anilines is 3. The molecule has 3 heterocycles. The monoisotopic (exact) mass is 643 g/mol. The topological polar surface area (TPSA) is 129 Å². The third kappa shape index (κ3) is 5.40. The summed E-state index contributed by atoms with van der Waals surface area (Å²) in [7, 11) is -1.45. The molecule has 3 aliphatic rings. The average Bonchev–Trinajstić information content (AvgIpc) is 3.71. The highest BCUT2D eigenvalue weighted by Gasteiger charge is 2.66. The summed E-state index contributed by atoms with van der Waals surface area (Å²) < 4.78 is 12.1. The second kappa shape index (κ2) is 12.3. The number of aliphatic hydroxyl groups excluding tert-OH is 1. The molecule has 0 radical (unpaired) electrons. The van der Waals surface area contributed by atoms with Crippen molar-refractivity contribution in [2.45, 2.75) is 62.6 Å². The molecule has 3 aliphatic heterocycles. The van der Waals surface area contributed by atoms with Crippen LogP contribution in [-0.4, -0.2) is 73.2 Å². The molecule has 2 fully saturated rings. The van der Waals surface area contributed by atoms with Gasteiger partial charge in [0.1, 0.15) is 5.75 Å². The summed E-state index contributed by atoms with van der Waals surface area (Å²) in [6.07, 6.45) is 0.821. The fraction of sp³-hybridized carbons (Fsp3) is 0.400. The van der Waals surface area contributed by atoms with E-state index >= 15 is 0 Å². The van der Waals surface area contributed by atoms with Crippen LogP contribution in [0, 0.1) is 5.92 Å². The molecule has 6 rings (SSSR count). The zero-order valence-corrected chi connectivity index (χ0v) is 27.6. The van der Waals surface area contributed by atoms with E-state index in [9.17, 15) is 24.3 Å². The first kappa shape index (κ1) is 31.9. The van der Waals surface area contributed by atoms with Gasteiger partial charge in [0.25, 0.3) is 11.8 Å². The van der Waals surface area contributed by atoms with Gasteiger partial charge in [-0.05, 0) is 80.5 Å². The summed E-state index contributed by atoms with van der Waals surface area (Å²) in [6.45, 7) is 6.01. The zero-order chi connectivity index (χ0) is 32.8. The quantitative estimate of drug-likeness (QED) is 0.301. The maximum atomic E-state index is 14.8. The van der Waals surface area contributed by atoms with Crippen LogP contribution in [0.15, 0.2) is 72.8 Å². The highest BCUT2D eigenvalue weighted by molar-refractivity contribution is 6.71. The van der Waals surface area contributed by atoms with Crippen LogP contribution < -0.4 is 15.0 Å². The van der Waals surface area contributed by atoms with E-state index in [1.807, 2.05) is 50.3 Å². The Balaban J connectivity index is 1.41. The molecular weight excluding hydrogens is 602 g/mol. The predicted molar refractivity (Wildman–Crippen MR) is 177 cm³/mol. The summed E-state index contributed by atoms with van der Waals surface area (Å²) in [4.78, 5) is 56.6. The Hall–Kier alpha value is -4.03. The molecule has 11 heteroatoms. The van der Waals surface area contributed by atoms with Crippen molar-refractivity contribution in [2.75, 3.05) is 30.5 Å². The molecular formula is C35H41N3O7Si. The average molecular weight is 644 g/mol. The number of hydrogen-bond donors (Lipinski definition) is 3. The number of nitrogens with one attached hydrogen (secondary N) is 1. The van der Waals surface area contributed by atoms with Crippen LogP contribution in [0.2, 0.25) is 18.6 Å². The van der Waals surface area contributed by atoms with Gasteiger partial charge in [0.05, 0.1) is 38.0 Å². The maximum Gasteiger partial charge on any atom is 0.268 e. The third-order valence-corrected chi connectivity index (χ3v) is 12.3. The zero-order valence-electron chi connectivity index (χ0n) is 26.6. The van der Waals surface area contributed by atoms with Gasteiger partial charge in [-0.3, -0.25) is 19.3 Å². The molecule has 2 saturated heterocycles. The maximum absolute atomic E-state index is 14.8. The van der Waals surface area contributed by atoms with Gasteiger partial charge in [-0.1, -0.05) is 25.1 Å². The lowest BCUT2D eigenvalue weighted by molar-refractivity contribution is -0.149. The Morgan fingerprint density at radius 2 is 1.80 bits per heavy atom. The number of likely N-dealkylation sites (tertiary alicyclic amines) is 1. The summed E-state index contributed by atoms with van der Waals surface area (Å²) in [5, 5.41) is 12.8. The van der Waals surface area contributed by atoms with Gasteiger partial charge in [-0.2, -0.15) is 0 Å². The van der Waals surface area contributed by atoms with Crippen molar-refractivity contribution in [2.24, 2.45) is 5.92 Å². The van der Waals surface area contributed by atoms with Gasteiger partial charge in [0.15, 0.2) is 13.9 Å². The molecule has 3 aromatic rings. The Morgan fingerprint density at radius 1 is 1.09 bits per heavy atom. The molecule has 0 saturated carbocycles. The second-order valence-corrected chi connectivity index (χ2v) is 17.0. The summed E-state index contributed by atoms with van der Waals surface area (Å²) in [6, 6.07) is 21.2. The molecule has 0 aliphatic carbocycles. The van der Waals surface area contributed by atoms with Crippen molar-refractivity contribution < 1.29 is 33.8 Å². The minimum absolute atomic E-state index is 0.00784. The van der Waals surface area contributed by atoms with Crippen molar-refractivity contribution in [3.8, 4) is 5.75 Å². The number of methoxy groups -OCH3 is 1. The number of nitrogens with zero attached hydrogens (tertiary/aromatic N) is 2. The molecule has 3 N–H and O–H groups in total. The first-order chi connectivity index (χ1) is 22.0. The Kier molecular flexibility index (Phi) is 8.53. The molecule has 3 aromatic carbocycles. The fourth-order valence-electron chi connectivity index (χ4n) is 7.70. The SMILES string of the molecule is COc1ccc(C(=O)Nc2ccc3c(c2)[C@]2(O[C@@H](CC(=O)N4CCC[C@H]4CO)[C@H]([Si](C)(C)O)[C@H]2C)C(=O)N3c2ccccc2)cc1. The number of aliphatic hydroxyl groups is 1. The largest absolute Gasteiger partial charge is 0.497 e. The summed E-state index contributed by atoms with van der Waals surface area (Å²) in [5.74, 6) is -0.627. The van der Waals surface area contributed by atoms with Gasteiger partial charge in [0.2, 0.25) is 5.91 Å². The molecule has 242 valence electrons. The Bertz CT molecular complexity index is 1630. The molecule has 0 aromatic heterocycles. The van der Waals surface area contributed by atoms with Crippen molar-refractivity contribution in [3.63, 3.8) is 0 Å². The van der Waals surface area contributed by atoms with E-state index in [0.717, 1.165) is 12.8 Å². The molecule has 46 heavy (non-hydrogen) atoms. The van der Waals surface area contributed by atoms with Crippen LogP contribution in [-0.2, 0) is 19.9 Å². The highest BCUT2D eigenvalue weighted by Crippen LogP contribution is 2.61. The van der Waals surface area contributed by atoms with E-state index < -0.39 is 31.5 Å². The number of amides is 3. The van der Waals surface area contributed by atoms with Gasteiger partial charge >= 0.3 is 0 Å². The van der Waals surface area contributed by atoms with E-state index in [1.165, 1.54) is 0 Å². The molecule has 0 unspecified atom stereocenters. The van der Waals surface area contributed by atoms with E-state index in [-0.39, 0.29) is 36.8 Å². The number of ether oxygens (including phenoxy) is 2. The smallest absolute Gasteiger partial charge is 0.268 e. The number of rotatable bonds is 8. The summed E-state index contributed by atoms with van der Waals surface area (Å²) in [5.41, 5.74) is 0.834. The van der Waals surface area contributed by atoms with Gasteiger partial charge in [-0.25, -0.2) is 0 Å². The van der Waals surface area contributed by atoms with Crippen molar-refractivity contribution in [1.29, 1.82) is 0 Å². The fourth-order valence-corrected chi connectivity index (χ4v) is 10.3. The lowest BCUT2D eigenvalue weighted by Crippen LogP contribution is -2.45. The Morgan fingerprint density at radius 3 is 2.46 bits per heavy atom. The van der Waals surface area contributed by atoms with E-state index in [0.29, 0.717) is 40.5 Å². The number of para-hydroxylation sites is 1. The van der Waals surface area contributed by atoms with Crippen LogP contribution in [0.4, 0.5) is 17.1 Å². The van der Waals surface area contributed by atoms with Gasteiger partial charge in [0, 0.05) is 40.5 Å². The van der Waals surface area contributed by atoms with Crippen LogP contribution >= 0.6 is 0 Å². The van der Waals surface area contributed by atoms with Crippen LogP contribution in [0.5, 0.6) is 5.75 Å². The molecule has 10 nitrogen and oxygen atoms in total. The molecule has 1 spiro atoms. The first-order valence-electron chi connectivity index (χ1n) is 15.8. The number of fused-ring (bicyclic) bond motifs is 2. The van der Waals surface area contributed by atoms with Crippen molar-refractivity contribution >= 4 is 43.1 Å².